The number of halogens is 1. The number of aromatic nitrogens is 2. The largest absolute Gasteiger partial charge is 0.389 e. The van der Waals surface area contributed by atoms with Crippen molar-refractivity contribution in [2.45, 2.75) is 73.0 Å². The minimum absolute atomic E-state index is 0.483. The fraction of sp³-hybridized carbons (Fsp3) is 0.812. The SMILES string of the molecule is CCn1nc(C)c(Br)c1CC(O)(CC(C)C)CC(C)C. The maximum atomic E-state index is 11.1. The van der Waals surface area contributed by atoms with E-state index in [4.69, 9.17) is 0 Å². The van der Waals surface area contributed by atoms with Crippen LogP contribution in [0.1, 0.15) is 58.8 Å². The molecule has 0 bridgehead atoms. The molecular weight excluding hydrogens is 316 g/mol. The van der Waals surface area contributed by atoms with Crippen molar-refractivity contribution < 1.29 is 5.11 Å². The van der Waals surface area contributed by atoms with E-state index in [0.717, 1.165) is 35.2 Å². The van der Waals surface area contributed by atoms with Crippen LogP contribution in [0, 0.1) is 18.8 Å². The van der Waals surface area contributed by atoms with E-state index in [0.29, 0.717) is 18.3 Å². The molecule has 1 N–H and O–H groups in total. The lowest BCUT2D eigenvalue weighted by Crippen LogP contribution is -2.36. The Labute approximate surface area is 131 Å². The topological polar surface area (TPSA) is 38.0 Å². The molecule has 0 spiro atoms. The monoisotopic (exact) mass is 344 g/mol. The van der Waals surface area contributed by atoms with Gasteiger partial charge >= 0.3 is 0 Å². The van der Waals surface area contributed by atoms with E-state index in [2.05, 4.69) is 55.6 Å². The predicted octanol–water partition coefficient (Wildman–Crippen LogP) is 4.34. The van der Waals surface area contributed by atoms with E-state index in [1.807, 2.05) is 11.6 Å². The average Bonchev–Trinajstić information content (AvgIpc) is 2.54. The summed E-state index contributed by atoms with van der Waals surface area (Å²) in [5.74, 6) is 0.966. The zero-order chi connectivity index (χ0) is 15.5. The van der Waals surface area contributed by atoms with Crippen LogP contribution < -0.4 is 0 Å². The summed E-state index contributed by atoms with van der Waals surface area (Å²) in [6.45, 7) is 13.6. The maximum absolute atomic E-state index is 11.1. The molecule has 0 aliphatic heterocycles. The van der Waals surface area contributed by atoms with Gasteiger partial charge < -0.3 is 5.11 Å². The highest BCUT2D eigenvalue weighted by atomic mass is 79.9. The number of rotatable bonds is 7. The van der Waals surface area contributed by atoms with E-state index in [1.165, 1.54) is 0 Å². The minimum Gasteiger partial charge on any atom is -0.389 e. The molecule has 1 rings (SSSR count). The molecule has 0 saturated carbocycles. The third-order valence-electron chi connectivity index (χ3n) is 3.53. The molecule has 4 heteroatoms. The first kappa shape index (κ1) is 17.7. The zero-order valence-electron chi connectivity index (χ0n) is 13.7. The van der Waals surface area contributed by atoms with E-state index in [1.54, 1.807) is 0 Å². The number of aliphatic hydroxyl groups is 1. The summed E-state index contributed by atoms with van der Waals surface area (Å²) in [6.07, 6.45) is 2.32. The van der Waals surface area contributed by atoms with Crippen LogP contribution in [-0.4, -0.2) is 20.5 Å². The standard InChI is InChI=1S/C16H29BrN2O/c1-7-19-14(15(17)13(6)18-19)10-16(20,8-11(2)3)9-12(4)5/h11-12,20H,7-10H2,1-6H3. The molecule has 20 heavy (non-hydrogen) atoms. The number of aryl methyl sites for hydroxylation is 2. The van der Waals surface area contributed by atoms with Crippen molar-refractivity contribution in [1.29, 1.82) is 0 Å². The van der Waals surface area contributed by atoms with Crippen molar-refractivity contribution in [3.8, 4) is 0 Å². The van der Waals surface area contributed by atoms with Gasteiger partial charge in [-0.3, -0.25) is 4.68 Å². The molecule has 3 nitrogen and oxygen atoms in total. The Morgan fingerprint density at radius 2 is 1.70 bits per heavy atom. The van der Waals surface area contributed by atoms with Gasteiger partial charge in [-0.05, 0) is 54.5 Å². The molecule has 0 unspecified atom stereocenters. The maximum Gasteiger partial charge on any atom is 0.0738 e. The van der Waals surface area contributed by atoms with Crippen molar-refractivity contribution >= 4 is 15.9 Å². The van der Waals surface area contributed by atoms with Crippen LogP contribution >= 0.6 is 15.9 Å². The Balaban J connectivity index is 3.06. The van der Waals surface area contributed by atoms with Gasteiger partial charge in [0.25, 0.3) is 0 Å². The Morgan fingerprint density at radius 3 is 2.10 bits per heavy atom. The zero-order valence-corrected chi connectivity index (χ0v) is 15.3. The smallest absolute Gasteiger partial charge is 0.0738 e. The first-order valence-electron chi connectivity index (χ1n) is 7.62. The fourth-order valence-corrected chi connectivity index (χ4v) is 3.52. The lowest BCUT2D eigenvalue weighted by atomic mass is 9.81. The van der Waals surface area contributed by atoms with Gasteiger partial charge in [0.2, 0.25) is 0 Å². The lowest BCUT2D eigenvalue weighted by Gasteiger charge is -2.32. The molecule has 1 aromatic heterocycles. The quantitative estimate of drug-likeness (QED) is 0.798. The summed E-state index contributed by atoms with van der Waals surface area (Å²) in [7, 11) is 0. The highest BCUT2D eigenvalue weighted by molar-refractivity contribution is 9.10. The third kappa shape index (κ3) is 4.59. The van der Waals surface area contributed by atoms with Gasteiger partial charge in [-0.2, -0.15) is 5.10 Å². The van der Waals surface area contributed by atoms with Crippen molar-refractivity contribution in [2.75, 3.05) is 0 Å². The molecule has 1 heterocycles. The first-order chi connectivity index (χ1) is 9.18. The first-order valence-corrected chi connectivity index (χ1v) is 8.42. The molecule has 0 radical (unpaired) electrons. The molecule has 0 aromatic carbocycles. The molecule has 1 aromatic rings. The molecule has 0 fully saturated rings. The van der Waals surface area contributed by atoms with Gasteiger partial charge in [-0.1, -0.05) is 27.7 Å². The van der Waals surface area contributed by atoms with Crippen LogP contribution in [0.2, 0.25) is 0 Å². The summed E-state index contributed by atoms with van der Waals surface area (Å²) < 4.78 is 3.05. The summed E-state index contributed by atoms with van der Waals surface area (Å²) in [6, 6.07) is 0. The minimum atomic E-state index is -0.649. The van der Waals surface area contributed by atoms with Crippen molar-refractivity contribution in [1.82, 2.24) is 9.78 Å². The highest BCUT2D eigenvalue weighted by Gasteiger charge is 2.32. The molecule has 0 aliphatic carbocycles. The van der Waals surface area contributed by atoms with Crippen LogP contribution in [0.25, 0.3) is 0 Å². The molecule has 0 saturated heterocycles. The number of hydrogen-bond acceptors (Lipinski definition) is 2. The third-order valence-corrected chi connectivity index (χ3v) is 4.56. The van der Waals surface area contributed by atoms with Crippen molar-refractivity contribution in [3.05, 3.63) is 15.9 Å². The second-order valence-electron chi connectivity index (χ2n) is 6.76. The summed E-state index contributed by atoms with van der Waals surface area (Å²) >= 11 is 3.63. The lowest BCUT2D eigenvalue weighted by molar-refractivity contribution is -0.00107. The van der Waals surface area contributed by atoms with Gasteiger partial charge in [-0.15, -0.1) is 0 Å². The van der Waals surface area contributed by atoms with Crippen molar-refractivity contribution in [3.63, 3.8) is 0 Å². The Morgan fingerprint density at radius 1 is 1.20 bits per heavy atom. The van der Waals surface area contributed by atoms with Gasteiger partial charge in [0.15, 0.2) is 0 Å². The van der Waals surface area contributed by atoms with E-state index < -0.39 is 5.60 Å². The van der Waals surface area contributed by atoms with E-state index in [9.17, 15) is 5.11 Å². The number of hydrogen-bond donors (Lipinski definition) is 1. The Bertz CT molecular complexity index is 428. The van der Waals surface area contributed by atoms with Gasteiger partial charge in [0.1, 0.15) is 0 Å². The molecule has 0 atom stereocenters. The van der Waals surface area contributed by atoms with E-state index in [-0.39, 0.29) is 0 Å². The molecule has 0 amide bonds. The summed E-state index contributed by atoms with van der Waals surface area (Å²) in [4.78, 5) is 0. The molecule has 0 aliphatic rings. The normalized spacial score (nSPS) is 12.7. The van der Waals surface area contributed by atoms with Gasteiger partial charge in [0.05, 0.1) is 21.5 Å². The highest BCUT2D eigenvalue weighted by Crippen LogP contribution is 2.32. The van der Waals surface area contributed by atoms with Crippen LogP contribution in [-0.2, 0) is 13.0 Å². The summed E-state index contributed by atoms with van der Waals surface area (Å²) in [5.41, 5.74) is 1.47. The van der Waals surface area contributed by atoms with Crippen LogP contribution in [0.15, 0.2) is 4.47 Å². The Kier molecular flexibility index (Phi) is 6.26. The van der Waals surface area contributed by atoms with Crippen LogP contribution in [0.4, 0.5) is 0 Å². The van der Waals surface area contributed by atoms with Crippen molar-refractivity contribution in [2.24, 2.45) is 11.8 Å². The van der Waals surface area contributed by atoms with Gasteiger partial charge in [0, 0.05) is 13.0 Å². The molecular formula is C16H29BrN2O. The van der Waals surface area contributed by atoms with Crippen LogP contribution in [0.3, 0.4) is 0 Å². The second kappa shape index (κ2) is 7.08. The summed E-state index contributed by atoms with van der Waals surface area (Å²) in [5, 5.41) is 15.6. The second-order valence-corrected chi connectivity index (χ2v) is 7.55. The van der Waals surface area contributed by atoms with E-state index >= 15 is 0 Å². The average molecular weight is 345 g/mol. The number of nitrogens with zero attached hydrogens (tertiary/aromatic N) is 2. The van der Waals surface area contributed by atoms with Crippen LogP contribution in [0.5, 0.6) is 0 Å². The predicted molar refractivity (Wildman–Crippen MR) is 87.9 cm³/mol. The van der Waals surface area contributed by atoms with Gasteiger partial charge in [-0.25, -0.2) is 0 Å². The Hall–Kier alpha value is -0.350. The molecule has 116 valence electrons. The fourth-order valence-electron chi connectivity index (χ4n) is 3.10.